The van der Waals surface area contributed by atoms with Crippen LogP contribution in [0.3, 0.4) is 0 Å². The van der Waals surface area contributed by atoms with E-state index in [4.69, 9.17) is 27.6 Å². The van der Waals surface area contributed by atoms with Crippen LogP contribution >= 0.6 is 23.2 Å². The molecule has 0 unspecified atom stereocenters. The molecule has 4 rings (SSSR count). The summed E-state index contributed by atoms with van der Waals surface area (Å²) in [6, 6.07) is 19.7. The molecule has 196 valence electrons. The minimum atomic E-state index is -3.91. The van der Waals surface area contributed by atoms with E-state index in [0.717, 1.165) is 5.56 Å². The van der Waals surface area contributed by atoms with Gasteiger partial charge >= 0.3 is 0 Å². The van der Waals surface area contributed by atoms with Crippen LogP contribution in [0, 0.1) is 12.7 Å². The number of sulfonamides is 1. The van der Waals surface area contributed by atoms with E-state index in [9.17, 15) is 17.6 Å². The van der Waals surface area contributed by atoms with Gasteiger partial charge in [-0.2, -0.15) is 9.41 Å². The fourth-order valence-electron chi connectivity index (χ4n) is 3.47. The van der Waals surface area contributed by atoms with E-state index < -0.39 is 21.7 Å². The minimum absolute atomic E-state index is 0.0188. The lowest BCUT2D eigenvalue weighted by Gasteiger charge is -2.22. The van der Waals surface area contributed by atoms with Crippen molar-refractivity contribution >= 4 is 45.3 Å². The van der Waals surface area contributed by atoms with Crippen molar-refractivity contribution < 1.29 is 22.0 Å². The number of hydrazone groups is 1. The lowest BCUT2D eigenvalue weighted by atomic mass is 10.2. The molecule has 11 heteroatoms. The van der Waals surface area contributed by atoms with Crippen LogP contribution in [0.15, 0.2) is 93.3 Å². The van der Waals surface area contributed by atoms with Crippen molar-refractivity contribution in [1.82, 2.24) is 9.73 Å². The minimum Gasteiger partial charge on any atom is -0.459 e. The Balaban J connectivity index is 1.52. The number of furan rings is 1. The number of hydrogen-bond donors (Lipinski definition) is 1. The molecule has 1 amide bonds. The number of rotatable bonds is 9. The largest absolute Gasteiger partial charge is 0.459 e. The monoisotopic (exact) mass is 573 g/mol. The zero-order chi connectivity index (χ0) is 27.3. The molecule has 0 aliphatic rings. The van der Waals surface area contributed by atoms with Gasteiger partial charge in [0.25, 0.3) is 5.91 Å². The van der Waals surface area contributed by atoms with Gasteiger partial charge in [-0.3, -0.25) is 4.79 Å². The molecule has 38 heavy (non-hydrogen) atoms. The van der Waals surface area contributed by atoms with Gasteiger partial charge in [0.05, 0.1) is 27.7 Å². The number of amides is 1. The van der Waals surface area contributed by atoms with Gasteiger partial charge < -0.3 is 4.42 Å². The summed E-state index contributed by atoms with van der Waals surface area (Å²) in [6.07, 6.45) is 1.28. The SMILES string of the molecule is Cc1ccc(S(=O)(=O)N(Cc2ccc(Cl)c(Cl)c2)Cc2ccc(/C=N\NC(=O)c3ccc(F)cc3)o2)cc1. The lowest BCUT2D eigenvalue weighted by Crippen LogP contribution is -2.30. The molecule has 7 nitrogen and oxygen atoms in total. The molecule has 0 saturated heterocycles. The molecule has 4 aromatic rings. The topological polar surface area (TPSA) is 92.0 Å². The molecule has 0 saturated carbocycles. The van der Waals surface area contributed by atoms with Gasteiger partial charge in [0.1, 0.15) is 17.3 Å². The number of nitrogens with zero attached hydrogens (tertiary/aromatic N) is 2. The van der Waals surface area contributed by atoms with Gasteiger partial charge in [0.2, 0.25) is 10.0 Å². The first-order valence-electron chi connectivity index (χ1n) is 11.3. The number of benzene rings is 3. The molecule has 0 bridgehead atoms. The maximum absolute atomic E-state index is 13.5. The summed E-state index contributed by atoms with van der Waals surface area (Å²) in [5, 5.41) is 4.53. The molecule has 0 aliphatic carbocycles. The van der Waals surface area contributed by atoms with Crippen molar-refractivity contribution in [3.8, 4) is 0 Å². The van der Waals surface area contributed by atoms with Gasteiger partial charge in [-0.05, 0) is 73.2 Å². The fourth-order valence-corrected chi connectivity index (χ4v) is 5.18. The number of hydrogen-bond acceptors (Lipinski definition) is 5. The molecule has 1 aromatic heterocycles. The van der Waals surface area contributed by atoms with Crippen LogP contribution in [0.5, 0.6) is 0 Å². The van der Waals surface area contributed by atoms with Crippen molar-refractivity contribution in [2.45, 2.75) is 24.9 Å². The average Bonchev–Trinajstić information content (AvgIpc) is 3.33. The maximum Gasteiger partial charge on any atom is 0.271 e. The van der Waals surface area contributed by atoms with Gasteiger partial charge in [-0.15, -0.1) is 0 Å². The third-order valence-corrected chi connectivity index (χ3v) is 8.03. The second-order valence-corrected chi connectivity index (χ2v) is 11.1. The first-order valence-corrected chi connectivity index (χ1v) is 13.5. The van der Waals surface area contributed by atoms with E-state index in [1.54, 1.807) is 54.6 Å². The Morgan fingerprint density at radius 2 is 1.68 bits per heavy atom. The van der Waals surface area contributed by atoms with E-state index >= 15 is 0 Å². The highest BCUT2D eigenvalue weighted by molar-refractivity contribution is 7.89. The summed E-state index contributed by atoms with van der Waals surface area (Å²) in [7, 11) is -3.91. The van der Waals surface area contributed by atoms with E-state index in [1.165, 1.54) is 34.8 Å². The number of carbonyl (C=O) groups is 1. The van der Waals surface area contributed by atoms with Crippen molar-refractivity contribution in [3.63, 3.8) is 0 Å². The Morgan fingerprint density at radius 1 is 0.974 bits per heavy atom. The quantitative estimate of drug-likeness (QED) is 0.191. The number of halogens is 3. The molecular formula is C27H22Cl2FN3O4S. The number of nitrogens with one attached hydrogen (secondary N) is 1. The summed E-state index contributed by atoms with van der Waals surface area (Å²) in [5.41, 5.74) is 4.14. The second-order valence-electron chi connectivity index (χ2n) is 8.34. The van der Waals surface area contributed by atoms with Crippen LogP contribution in [-0.2, 0) is 23.1 Å². The van der Waals surface area contributed by atoms with Crippen LogP contribution in [0.1, 0.15) is 33.0 Å². The van der Waals surface area contributed by atoms with Crippen molar-refractivity contribution in [3.05, 3.63) is 123 Å². The van der Waals surface area contributed by atoms with Gasteiger partial charge in [0, 0.05) is 12.1 Å². The molecule has 0 spiro atoms. The van der Waals surface area contributed by atoms with Gasteiger partial charge in [0.15, 0.2) is 0 Å². The van der Waals surface area contributed by atoms with Crippen LogP contribution in [0.4, 0.5) is 4.39 Å². The summed E-state index contributed by atoms with van der Waals surface area (Å²) in [6.45, 7) is 1.81. The summed E-state index contributed by atoms with van der Waals surface area (Å²) in [4.78, 5) is 12.3. The lowest BCUT2D eigenvalue weighted by molar-refractivity contribution is 0.0955. The Kier molecular flexibility index (Phi) is 8.63. The highest BCUT2D eigenvalue weighted by atomic mass is 35.5. The average molecular weight is 574 g/mol. The van der Waals surface area contributed by atoms with E-state index in [2.05, 4.69) is 10.5 Å². The fraction of sp³-hybridized carbons (Fsp3) is 0.111. The molecule has 1 N–H and O–H groups in total. The molecule has 1 heterocycles. The van der Waals surface area contributed by atoms with E-state index in [1.807, 2.05) is 6.92 Å². The van der Waals surface area contributed by atoms with Crippen LogP contribution in [0.25, 0.3) is 0 Å². The Morgan fingerprint density at radius 3 is 2.37 bits per heavy atom. The zero-order valence-corrected chi connectivity index (χ0v) is 22.4. The van der Waals surface area contributed by atoms with E-state index in [-0.39, 0.29) is 23.5 Å². The van der Waals surface area contributed by atoms with Crippen LogP contribution in [0.2, 0.25) is 10.0 Å². The first kappa shape index (κ1) is 27.5. The predicted molar refractivity (Wildman–Crippen MR) is 144 cm³/mol. The molecule has 0 radical (unpaired) electrons. The Labute approximate surface area is 229 Å². The van der Waals surface area contributed by atoms with Gasteiger partial charge in [-0.1, -0.05) is 47.0 Å². The van der Waals surface area contributed by atoms with Crippen molar-refractivity contribution in [2.75, 3.05) is 0 Å². The van der Waals surface area contributed by atoms with Crippen LogP contribution in [-0.4, -0.2) is 24.8 Å². The third kappa shape index (κ3) is 6.87. The summed E-state index contributed by atoms with van der Waals surface area (Å²) >= 11 is 12.2. The Bertz CT molecular complexity index is 1570. The Hall–Kier alpha value is -3.50. The second kappa shape index (κ2) is 11.9. The molecule has 0 fully saturated rings. The molecule has 0 atom stereocenters. The van der Waals surface area contributed by atoms with E-state index in [0.29, 0.717) is 27.1 Å². The molecular weight excluding hydrogens is 552 g/mol. The first-order chi connectivity index (χ1) is 18.1. The zero-order valence-electron chi connectivity index (χ0n) is 20.1. The summed E-state index contributed by atoms with van der Waals surface area (Å²) in [5.74, 6) is -0.329. The number of carbonyl (C=O) groups excluding carboxylic acids is 1. The normalized spacial score (nSPS) is 11.8. The predicted octanol–water partition coefficient (Wildman–Crippen LogP) is 6.19. The highest BCUT2D eigenvalue weighted by Gasteiger charge is 2.26. The maximum atomic E-state index is 13.5. The van der Waals surface area contributed by atoms with Crippen molar-refractivity contribution in [1.29, 1.82) is 0 Å². The molecule has 3 aromatic carbocycles. The highest BCUT2D eigenvalue weighted by Crippen LogP contribution is 2.26. The van der Waals surface area contributed by atoms with Crippen LogP contribution < -0.4 is 5.43 Å². The smallest absolute Gasteiger partial charge is 0.271 e. The van der Waals surface area contributed by atoms with Crippen molar-refractivity contribution in [2.24, 2.45) is 5.10 Å². The van der Waals surface area contributed by atoms with Gasteiger partial charge in [-0.25, -0.2) is 18.2 Å². The third-order valence-electron chi connectivity index (χ3n) is 5.48. The number of aryl methyl sites for hydroxylation is 1. The molecule has 0 aliphatic heterocycles. The summed E-state index contributed by atoms with van der Waals surface area (Å²) < 4.78 is 47.1. The standard InChI is InChI=1S/C27H22Cl2FN3O4S/c1-18-2-11-24(12-3-18)38(35,36)33(16-19-4-13-25(28)26(29)14-19)17-23-10-9-22(37-23)15-31-32-27(34)20-5-7-21(30)8-6-20/h2-15H,16-17H2,1H3,(H,32,34)/b31-15-.